The van der Waals surface area contributed by atoms with Crippen molar-refractivity contribution < 1.29 is 9.66 Å². The molecule has 88 valence electrons. The van der Waals surface area contributed by atoms with E-state index in [2.05, 4.69) is 10.2 Å². The first kappa shape index (κ1) is 11.1. The molecule has 6 heteroatoms. The van der Waals surface area contributed by atoms with Crippen LogP contribution >= 0.6 is 0 Å². The van der Waals surface area contributed by atoms with Gasteiger partial charge in [0.05, 0.1) is 17.2 Å². The number of hydrogen-bond acceptors (Lipinski definition) is 4. The number of aromatic nitrogens is 2. The van der Waals surface area contributed by atoms with Crippen molar-refractivity contribution in [2.45, 2.75) is 6.92 Å². The van der Waals surface area contributed by atoms with Gasteiger partial charge in [-0.15, -0.1) is 0 Å². The van der Waals surface area contributed by atoms with Crippen molar-refractivity contribution in [2.75, 3.05) is 6.61 Å². The predicted molar refractivity (Wildman–Crippen MR) is 61.8 cm³/mol. The molecular weight excluding hydrogens is 222 g/mol. The van der Waals surface area contributed by atoms with Crippen molar-refractivity contribution in [1.29, 1.82) is 0 Å². The van der Waals surface area contributed by atoms with Crippen molar-refractivity contribution in [1.82, 2.24) is 10.2 Å². The third-order valence-electron chi connectivity index (χ3n) is 2.27. The Morgan fingerprint density at radius 1 is 1.47 bits per heavy atom. The van der Waals surface area contributed by atoms with Crippen LogP contribution in [0.5, 0.6) is 5.75 Å². The molecule has 0 atom stereocenters. The van der Waals surface area contributed by atoms with Crippen LogP contribution in [-0.2, 0) is 0 Å². The van der Waals surface area contributed by atoms with Crippen molar-refractivity contribution in [3.63, 3.8) is 0 Å². The summed E-state index contributed by atoms with van der Waals surface area (Å²) in [7, 11) is 0. The third kappa shape index (κ3) is 2.25. The van der Waals surface area contributed by atoms with E-state index in [1.807, 2.05) is 0 Å². The molecule has 1 N–H and O–H groups in total. The first-order valence-corrected chi connectivity index (χ1v) is 5.13. The Hall–Kier alpha value is -2.37. The van der Waals surface area contributed by atoms with Gasteiger partial charge in [-0.05, 0) is 25.1 Å². The van der Waals surface area contributed by atoms with Gasteiger partial charge in [0.2, 0.25) is 0 Å². The highest BCUT2D eigenvalue weighted by Crippen LogP contribution is 2.31. The normalized spacial score (nSPS) is 10.2. The lowest BCUT2D eigenvalue weighted by Gasteiger charge is -2.05. The summed E-state index contributed by atoms with van der Waals surface area (Å²) in [5.41, 5.74) is 1.40. The van der Waals surface area contributed by atoms with Gasteiger partial charge in [0, 0.05) is 17.8 Å². The molecule has 0 radical (unpaired) electrons. The first-order valence-electron chi connectivity index (χ1n) is 5.13. The van der Waals surface area contributed by atoms with E-state index in [-0.39, 0.29) is 11.4 Å². The Kier molecular flexibility index (Phi) is 3.04. The third-order valence-corrected chi connectivity index (χ3v) is 2.27. The van der Waals surface area contributed by atoms with Crippen LogP contribution in [0.4, 0.5) is 5.69 Å². The summed E-state index contributed by atoms with van der Waals surface area (Å²) >= 11 is 0. The van der Waals surface area contributed by atoms with Crippen molar-refractivity contribution >= 4 is 5.69 Å². The van der Waals surface area contributed by atoms with Gasteiger partial charge in [0.1, 0.15) is 0 Å². The molecule has 0 spiro atoms. The second-order valence-corrected chi connectivity index (χ2v) is 3.34. The second-order valence-electron chi connectivity index (χ2n) is 3.34. The van der Waals surface area contributed by atoms with E-state index >= 15 is 0 Å². The number of H-pyrrole nitrogens is 1. The quantitative estimate of drug-likeness (QED) is 0.649. The van der Waals surface area contributed by atoms with Gasteiger partial charge in [0.15, 0.2) is 5.75 Å². The SMILES string of the molecule is CCOc1ccc(-c2ccn[nH]2)cc1[N+](=O)[O-]. The van der Waals surface area contributed by atoms with Gasteiger partial charge < -0.3 is 4.74 Å². The minimum absolute atomic E-state index is 0.0426. The maximum atomic E-state index is 10.9. The molecule has 1 aromatic heterocycles. The number of nitrogens with zero attached hydrogens (tertiary/aromatic N) is 2. The summed E-state index contributed by atoms with van der Waals surface area (Å²) in [6.45, 7) is 2.18. The summed E-state index contributed by atoms with van der Waals surface area (Å²) in [4.78, 5) is 10.5. The van der Waals surface area contributed by atoms with E-state index in [1.165, 1.54) is 6.07 Å². The number of nitro groups is 1. The van der Waals surface area contributed by atoms with Crippen LogP contribution < -0.4 is 4.74 Å². The maximum absolute atomic E-state index is 10.9. The van der Waals surface area contributed by atoms with E-state index in [9.17, 15) is 10.1 Å². The predicted octanol–water partition coefficient (Wildman–Crippen LogP) is 2.38. The van der Waals surface area contributed by atoms with Gasteiger partial charge >= 0.3 is 5.69 Å². The van der Waals surface area contributed by atoms with Crippen molar-refractivity contribution in [3.8, 4) is 17.0 Å². The van der Waals surface area contributed by atoms with Gasteiger partial charge in [-0.25, -0.2) is 0 Å². The second kappa shape index (κ2) is 4.65. The van der Waals surface area contributed by atoms with E-state index in [4.69, 9.17) is 4.74 Å². The number of aromatic amines is 1. The van der Waals surface area contributed by atoms with Crippen LogP contribution in [0.2, 0.25) is 0 Å². The highest BCUT2D eigenvalue weighted by molar-refractivity contribution is 5.65. The molecule has 0 aliphatic carbocycles. The number of hydrogen-bond donors (Lipinski definition) is 1. The highest BCUT2D eigenvalue weighted by atomic mass is 16.6. The summed E-state index contributed by atoms with van der Waals surface area (Å²) in [5, 5.41) is 17.5. The van der Waals surface area contributed by atoms with Gasteiger partial charge in [-0.3, -0.25) is 15.2 Å². The molecule has 2 aromatic rings. The molecule has 0 saturated heterocycles. The summed E-state index contributed by atoms with van der Waals surface area (Å²) in [6, 6.07) is 6.57. The van der Waals surface area contributed by atoms with Crippen LogP contribution in [0, 0.1) is 10.1 Å². The Bertz CT molecular complexity index is 523. The van der Waals surface area contributed by atoms with Crippen LogP contribution in [0.15, 0.2) is 30.5 Å². The lowest BCUT2D eigenvalue weighted by Crippen LogP contribution is -1.97. The molecule has 0 aliphatic rings. The largest absolute Gasteiger partial charge is 0.487 e. The average Bonchev–Trinajstić information content (AvgIpc) is 2.83. The molecule has 0 bridgehead atoms. The molecule has 0 amide bonds. The molecule has 0 saturated carbocycles. The fourth-order valence-electron chi connectivity index (χ4n) is 1.52. The summed E-state index contributed by atoms with van der Waals surface area (Å²) in [5.74, 6) is 0.278. The highest BCUT2D eigenvalue weighted by Gasteiger charge is 2.16. The Labute approximate surface area is 97.4 Å². The average molecular weight is 233 g/mol. The molecule has 1 aromatic carbocycles. The number of nitrogens with one attached hydrogen (secondary N) is 1. The molecule has 0 aliphatic heterocycles. The van der Waals surface area contributed by atoms with Gasteiger partial charge in [0.25, 0.3) is 0 Å². The lowest BCUT2D eigenvalue weighted by atomic mass is 10.1. The van der Waals surface area contributed by atoms with E-state index in [0.717, 1.165) is 5.69 Å². The topological polar surface area (TPSA) is 81.0 Å². The molecule has 17 heavy (non-hydrogen) atoms. The fraction of sp³-hybridized carbons (Fsp3) is 0.182. The number of ether oxygens (including phenoxy) is 1. The molecule has 6 nitrogen and oxygen atoms in total. The maximum Gasteiger partial charge on any atom is 0.311 e. The lowest BCUT2D eigenvalue weighted by molar-refractivity contribution is -0.385. The van der Waals surface area contributed by atoms with Crippen LogP contribution in [0.1, 0.15) is 6.92 Å². The molecule has 1 heterocycles. The van der Waals surface area contributed by atoms with E-state index < -0.39 is 4.92 Å². The van der Waals surface area contributed by atoms with Crippen LogP contribution in [0.3, 0.4) is 0 Å². The number of nitro benzene ring substituents is 1. The molecule has 0 unspecified atom stereocenters. The molecular formula is C11H11N3O3. The summed E-state index contributed by atoms with van der Waals surface area (Å²) < 4.78 is 5.20. The Morgan fingerprint density at radius 2 is 2.29 bits per heavy atom. The smallest absolute Gasteiger partial charge is 0.311 e. The van der Waals surface area contributed by atoms with Crippen molar-refractivity contribution in [3.05, 3.63) is 40.6 Å². The monoisotopic (exact) mass is 233 g/mol. The Balaban J connectivity index is 2.45. The number of rotatable bonds is 4. The fourth-order valence-corrected chi connectivity index (χ4v) is 1.52. The molecule has 2 rings (SSSR count). The zero-order valence-corrected chi connectivity index (χ0v) is 9.21. The Morgan fingerprint density at radius 3 is 2.88 bits per heavy atom. The van der Waals surface area contributed by atoms with Crippen LogP contribution in [-0.4, -0.2) is 21.7 Å². The molecule has 0 fully saturated rings. The zero-order chi connectivity index (χ0) is 12.3. The van der Waals surface area contributed by atoms with Crippen molar-refractivity contribution in [2.24, 2.45) is 0 Å². The zero-order valence-electron chi connectivity index (χ0n) is 9.21. The van der Waals surface area contributed by atoms with Gasteiger partial charge in [-0.1, -0.05) is 0 Å². The van der Waals surface area contributed by atoms with Gasteiger partial charge in [-0.2, -0.15) is 5.10 Å². The number of benzene rings is 1. The summed E-state index contributed by atoms with van der Waals surface area (Å²) in [6.07, 6.45) is 1.59. The minimum atomic E-state index is -0.454. The van der Waals surface area contributed by atoms with E-state index in [1.54, 1.807) is 31.3 Å². The first-order chi connectivity index (χ1) is 8.22. The minimum Gasteiger partial charge on any atom is -0.487 e. The standard InChI is InChI=1S/C11H11N3O3/c1-2-17-11-4-3-8(7-10(11)14(15)16)9-5-6-12-13-9/h3-7H,2H2,1H3,(H,12,13). The van der Waals surface area contributed by atoms with E-state index in [0.29, 0.717) is 12.2 Å². The van der Waals surface area contributed by atoms with Crippen LogP contribution in [0.25, 0.3) is 11.3 Å².